The van der Waals surface area contributed by atoms with Gasteiger partial charge in [-0.05, 0) is 41.0 Å². The van der Waals surface area contributed by atoms with Gasteiger partial charge in [0.25, 0.3) is 0 Å². The van der Waals surface area contributed by atoms with Crippen LogP contribution in [-0.4, -0.2) is 13.2 Å². The van der Waals surface area contributed by atoms with Gasteiger partial charge in [0.1, 0.15) is 0 Å². The van der Waals surface area contributed by atoms with Gasteiger partial charge >= 0.3 is 7.60 Å². The Morgan fingerprint density at radius 2 is 1.48 bits per heavy atom. The topological polar surface area (TPSA) is 35.5 Å². The van der Waals surface area contributed by atoms with E-state index < -0.39 is 7.60 Å². The molecule has 0 aliphatic heterocycles. The summed E-state index contributed by atoms with van der Waals surface area (Å²) in [4.78, 5) is 0. The van der Waals surface area contributed by atoms with Gasteiger partial charge in [-0.3, -0.25) is 4.57 Å². The minimum absolute atomic E-state index is 0.296. The first-order chi connectivity index (χ1) is 11.2. The van der Waals surface area contributed by atoms with Crippen LogP contribution in [0.2, 0.25) is 0 Å². The molecule has 0 N–H and O–H groups in total. The van der Waals surface area contributed by atoms with Crippen LogP contribution >= 0.6 is 7.60 Å². The van der Waals surface area contributed by atoms with Gasteiger partial charge in [0.2, 0.25) is 0 Å². The monoisotopic (exact) mass is 328 g/mol. The van der Waals surface area contributed by atoms with Gasteiger partial charge < -0.3 is 9.05 Å². The summed E-state index contributed by atoms with van der Waals surface area (Å²) in [5, 5.41) is 4.68. The van der Waals surface area contributed by atoms with Crippen molar-refractivity contribution >= 4 is 29.1 Å². The molecule has 0 aliphatic carbocycles. The van der Waals surface area contributed by atoms with Gasteiger partial charge in [-0.15, -0.1) is 0 Å². The molecule has 0 heterocycles. The fourth-order valence-electron chi connectivity index (χ4n) is 2.97. The quantitative estimate of drug-likeness (QED) is 0.426. The van der Waals surface area contributed by atoms with Crippen molar-refractivity contribution in [2.75, 3.05) is 13.2 Å². The second-order valence-electron chi connectivity index (χ2n) is 5.40. The van der Waals surface area contributed by atoms with E-state index in [0.717, 1.165) is 10.9 Å². The Morgan fingerprint density at radius 3 is 2.22 bits per heavy atom. The summed E-state index contributed by atoms with van der Waals surface area (Å²) in [6, 6.07) is 18.6. The first kappa shape index (κ1) is 16.2. The van der Waals surface area contributed by atoms with Gasteiger partial charge in [-0.2, -0.15) is 0 Å². The van der Waals surface area contributed by atoms with Gasteiger partial charge in [0, 0.05) is 0 Å². The van der Waals surface area contributed by atoms with Gasteiger partial charge in [0.15, 0.2) is 0 Å². The van der Waals surface area contributed by atoms with Crippen LogP contribution in [0, 0.1) is 0 Å². The normalized spacial score (nSPS) is 12.1. The standard InChI is InChI=1S/C19H21O3P/c1-3-21-23(20,22-4-2)14-16-9-7-11-19-17-10-6-5-8-15(17)12-13-18(16)19/h5-13H,3-4,14H2,1-2H3. The van der Waals surface area contributed by atoms with Crippen molar-refractivity contribution in [3.8, 4) is 0 Å². The van der Waals surface area contributed by atoms with E-state index in [4.69, 9.17) is 9.05 Å². The fraction of sp³-hybridized carbons (Fsp3) is 0.263. The lowest BCUT2D eigenvalue weighted by atomic mass is 9.99. The van der Waals surface area contributed by atoms with E-state index in [1.54, 1.807) is 0 Å². The summed E-state index contributed by atoms with van der Waals surface area (Å²) in [5.41, 5.74) is 0.999. The molecule has 0 spiro atoms. The molecule has 3 rings (SSSR count). The lowest BCUT2D eigenvalue weighted by Gasteiger charge is -2.18. The Balaban J connectivity index is 2.11. The predicted octanol–water partition coefficient (Wildman–Crippen LogP) is 5.76. The molecule has 0 amide bonds. The maximum absolute atomic E-state index is 12.8. The largest absolute Gasteiger partial charge is 0.335 e. The zero-order chi connectivity index (χ0) is 16.3. The Kier molecular flexibility index (Phi) is 4.82. The van der Waals surface area contributed by atoms with Crippen LogP contribution in [0.15, 0.2) is 54.6 Å². The highest BCUT2D eigenvalue weighted by Gasteiger charge is 2.25. The van der Waals surface area contributed by atoms with Gasteiger partial charge in [-0.25, -0.2) is 0 Å². The third kappa shape index (κ3) is 3.32. The first-order valence-corrected chi connectivity index (χ1v) is 9.67. The second-order valence-corrected chi connectivity index (χ2v) is 7.46. The zero-order valence-electron chi connectivity index (χ0n) is 13.5. The number of hydrogen-bond acceptors (Lipinski definition) is 3. The molecule has 0 saturated carbocycles. The molecule has 4 heteroatoms. The third-order valence-electron chi connectivity index (χ3n) is 3.89. The number of rotatable bonds is 6. The van der Waals surface area contributed by atoms with Crippen LogP contribution in [0.5, 0.6) is 0 Å². The molecule has 0 unspecified atom stereocenters. The number of fused-ring (bicyclic) bond motifs is 3. The van der Waals surface area contributed by atoms with Gasteiger partial charge in [0.05, 0.1) is 19.4 Å². The van der Waals surface area contributed by atoms with E-state index in [9.17, 15) is 4.57 Å². The Morgan fingerprint density at radius 1 is 0.783 bits per heavy atom. The third-order valence-corrected chi connectivity index (χ3v) is 5.92. The summed E-state index contributed by atoms with van der Waals surface area (Å²) in [6.45, 7) is 4.43. The maximum Gasteiger partial charge on any atom is 0.335 e. The highest BCUT2D eigenvalue weighted by atomic mass is 31.2. The summed E-state index contributed by atoms with van der Waals surface area (Å²) in [7, 11) is -3.11. The van der Waals surface area contributed by atoms with Crippen LogP contribution in [0.3, 0.4) is 0 Å². The predicted molar refractivity (Wildman–Crippen MR) is 96.0 cm³/mol. The lowest BCUT2D eigenvalue weighted by Crippen LogP contribution is -1.99. The fourth-order valence-corrected chi connectivity index (χ4v) is 4.71. The minimum atomic E-state index is -3.11. The molecule has 0 atom stereocenters. The zero-order valence-corrected chi connectivity index (χ0v) is 14.4. The van der Waals surface area contributed by atoms with Crippen molar-refractivity contribution in [1.82, 2.24) is 0 Å². The molecule has 0 aliphatic rings. The highest BCUT2D eigenvalue weighted by molar-refractivity contribution is 7.53. The molecule has 3 nitrogen and oxygen atoms in total. The molecule has 3 aromatic carbocycles. The van der Waals surface area contributed by atoms with Crippen molar-refractivity contribution in [3.63, 3.8) is 0 Å². The minimum Gasteiger partial charge on any atom is -0.309 e. The van der Waals surface area contributed by atoms with Crippen molar-refractivity contribution in [3.05, 3.63) is 60.2 Å². The van der Waals surface area contributed by atoms with E-state index in [-0.39, 0.29) is 0 Å². The molecule has 0 bridgehead atoms. The molecule has 23 heavy (non-hydrogen) atoms. The molecular formula is C19H21O3P. The van der Waals surface area contributed by atoms with Crippen LogP contribution in [-0.2, 0) is 19.8 Å². The summed E-state index contributed by atoms with van der Waals surface area (Å²) in [5.74, 6) is 0. The second kappa shape index (κ2) is 6.84. The maximum atomic E-state index is 12.8. The van der Waals surface area contributed by atoms with Crippen LogP contribution < -0.4 is 0 Å². The molecule has 0 saturated heterocycles. The van der Waals surface area contributed by atoms with Crippen molar-refractivity contribution in [2.45, 2.75) is 20.0 Å². The van der Waals surface area contributed by atoms with Crippen LogP contribution in [0.1, 0.15) is 19.4 Å². The average molecular weight is 328 g/mol. The molecule has 0 fully saturated rings. The summed E-state index contributed by atoms with van der Waals surface area (Å²) in [6.07, 6.45) is 0.296. The van der Waals surface area contributed by atoms with Crippen LogP contribution in [0.25, 0.3) is 21.5 Å². The average Bonchev–Trinajstić information content (AvgIpc) is 2.55. The number of benzene rings is 3. The van der Waals surface area contributed by atoms with E-state index in [1.165, 1.54) is 16.2 Å². The smallest absolute Gasteiger partial charge is 0.309 e. The number of hydrogen-bond donors (Lipinski definition) is 0. The Bertz CT molecular complexity index is 863. The summed E-state index contributed by atoms with van der Waals surface area (Å²) >= 11 is 0. The first-order valence-electron chi connectivity index (χ1n) is 7.94. The van der Waals surface area contributed by atoms with E-state index >= 15 is 0 Å². The Labute approximate surface area is 136 Å². The van der Waals surface area contributed by atoms with Gasteiger partial charge in [-0.1, -0.05) is 54.6 Å². The van der Waals surface area contributed by atoms with E-state index in [1.807, 2.05) is 38.1 Å². The molecule has 3 aromatic rings. The lowest BCUT2D eigenvalue weighted by molar-refractivity contribution is 0.219. The molecule has 0 aromatic heterocycles. The SMILES string of the molecule is CCOP(=O)(Cc1cccc2c1ccc1ccccc12)OCC. The van der Waals surface area contributed by atoms with Crippen LogP contribution in [0.4, 0.5) is 0 Å². The van der Waals surface area contributed by atoms with Crippen molar-refractivity contribution in [1.29, 1.82) is 0 Å². The van der Waals surface area contributed by atoms with Crippen molar-refractivity contribution in [2.24, 2.45) is 0 Å². The summed E-state index contributed by atoms with van der Waals surface area (Å²) < 4.78 is 23.7. The van der Waals surface area contributed by atoms with E-state index in [2.05, 4.69) is 30.3 Å². The van der Waals surface area contributed by atoms with Crippen molar-refractivity contribution < 1.29 is 13.6 Å². The highest BCUT2D eigenvalue weighted by Crippen LogP contribution is 2.52. The Hall–Kier alpha value is -1.67. The molecule has 120 valence electrons. The molecule has 0 radical (unpaired) electrons. The van der Waals surface area contributed by atoms with E-state index in [0.29, 0.717) is 19.4 Å². The molecular weight excluding hydrogens is 307 g/mol.